The molecule has 0 aromatic heterocycles. The third-order valence-electron chi connectivity index (χ3n) is 2.06. The third-order valence-corrected chi connectivity index (χ3v) is 2.06. The van der Waals surface area contributed by atoms with Gasteiger partial charge in [-0.1, -0.05) is 13.5 Å². The molecule has 0 aliphatic carbocycles. The van der Waals surface area contributed by atoms with Crippen LogP contribution in [0.5, 0.6) is 0 Å². The molecule has 18 heavy (non-hydrogen) atoms. The van der Waals surface area contributed by atoms with E-state index in [1.807, 2.05) is 0 Å². The van der Waals surface area contributed by atoms with Crippen LogP contribution in [0.2, 0.25) is 0 Å². The smallest absolute Gasteiger partial charge is 0.358 e. The second kappa shape index (κ2) is 7.31. The first kappa shape index (κ1) is 16.0. The Morgan fingerprint density at radius 1 is 1.39 bits per heavy atom. The van der Waals surface area contributed by atoms with Crippen LogP contribution in [-0.2, 0) is 14.4 Å². The van der Waals surface area contributed by atoms with Crippen molar-refractivity contribution in [1.82, 2.24) is 10.4 Å². The van der Waals surface area contributed by atoms with Crippen LogP contribution in [0.3, 0.4) is 0 Å². The molecule has 2 N–H and O–H groups in total. The number of hydroxylamine groups is 2. The number of hydrogen-bond donors (Lipinski definition) is 2. The van der Waals surface area contributed by atoms with E-state index in [0.717, 1.165) is 5.06 Å². The van der Waals surface area contributed by atoms with Crippen LogP contribution in [-0.4, -0.2) is 40.7 Å². The number of hydrogen-bond acceptors (Lipinski definition) is 4. The summed E-state index contributed by atoms with van der Waals surface area (Å²) in [7, 11) is 0. The highest BCUT2D eigenvalue weighted by molar-refractivity contribution is 5.88. The van der Waals surface area contributed by atoms with Crippen molar-refractivity contribution in [3.63, 3.8) is 0 Å². The van der Waals surface area contributed by atoms with E-state index in [-0.39, 0.29) is 18.5 Å². The number of carbonyl (C=O) groups excluding carboxylic acids is 2. The number of carboxylic acids is 1. The van der Waals surface area contributed by atoms with Crippen molar-refractivity contribution in [2.75, 3.05) is 6.54 Å². The van der Waals surface area contributed by atoms with E-state index in [9.17, 15) is 14.4 Å². The second-order valence-electron chi connectivity index (χ2n) is 3.60. The van der Waals surface area contributed by atoms with Gasteiger partial charge in [-0.25, -0.2) is 14.4 Å². The molecule has 0 bridgehead atoms. The fourth-order valence-corrected chi connectivity index (χ4v) is 0.987. The van der Waals surface area contributed by atoms with Crippen molar-refractivity contribution >= 4 is 18.0 Å². The maximum Gasteiger partial charge on any atom is 0.358 e. The Labute approximate surface area is 105 Å². The van der Waals surface area contributed by atoms with Crippen LogP contribution >= 0.6 is 0 Å². The SMILES string of the molecule is C=C(C)C(=O)ON(CC)C(=O)NC(CC)C(=O)O. The first-order valence-electron chi connectivity index (χ1n) is 5.52. The molecule has 0 aliphatic heterocycles. The molecule has 1 atom stereocenters. The molecule has 102 valence electrons. The average Bonchev–Trinajstić information content (AvgIpc) is 2.31. The standard InChI is InChI=1S/C11H18N2O5/c1-5-8(9(14)15)12-11(17)13(6-2)18-10(16)7(3)4/h8H,3,5-6H2,1-2,4H3,(H,12,17)(H,14,15). The van der Waals surface area contributed by atoms with Gasteiger partial charge in [0.15, 0.2) is 0 Å². The molecule has 0 radical (unpaired) electrons. The Balaban J connectivity index is 4.57. The van der Waals surface area contributed by atoms with Crippen LogP contribution in [0, 0.1) is 0 Å². The first-order valence-corrected chi connectivity index (χ1v) is 5.52. The van der Waals surface area contributed by atoms with Gasteiger partial charge in [-0.15, -0.1) is 0 Å². The predicted molar refractivity (Wildman–Crippen MR) is 63.5 cm³/mol. The number of nitrogens with one attached hydrogen (secondary N) is 1. The molecule has 0 heterocycles. The van der Waals surface area contributed by atoms with Gasteiger partial charge in [0.1, 0.15) is 6.04 Å². The zero-order valence-electron chi connectivity index (χ0n) is 10.7. The Kier molecular flexibility index (Phi) is 6.48. The van der Waals surface area contributed by atoms with Gasteiger partial charge in [-0.05, 0) is 20.3 Å². The minimum Gasteiger partial charge on any atom is -0.480 e. The van der Waals surface area contributed by atoms with Gasteiger partial charge in [-0.3, -0.25) is 0 Å². The molecule has 0 spiro atoms. The number of urea groups is 1. The zero-order chi connectivity index (χ0) is 14.3. The van der Waals surface area contributed by atoms with Gasteiger partial charge >= 0.3 is 18.0 Å². The Bertz CT molecular complexity index is 353. The van der Waals surface area contributed by atoms with E-state index in [2.05, 4.69) is 11.9 Å². The quantitative estimate of drug-likeness (QED) is 0.564. The van der Waals surface area contributed by atoms with Crippen molar-refractivity contribution in [1.29, 1.82) is 0 Å². The van der Waals surface area contributed by atoms with E-state index >= 15 is 0 Å². The molecule has 0 aromatic rings. The summed E-state index contributed by atoms with van der Waals surface area (Å²) in [6, 6.07) is -1.79. The Morgan fingerprint density at radius 2 is 1.94 bits per heavy atom. The molecule has 0 fully saturated rings. The Morgan fingerprint density at radius 3 is 2.28 bits per heavy atom. The van der Waals surface area contributed by atoms with Crippen molar-refractivity contribution < 1.29 is 24.3 Å². The van der Waals surface area contributed by atoms with Crippen LogP contribution in [0.25, 0.3) is 0 Å². The fourth-order valence-electron chi connectivity index (χ4n) is 0.987. The third kappa shape index (κ3) is 4.86. The van der Waals surface area contributed by atoms with E-state index in [4.69, 9.17) is 9.94 Å². The number of carbonyl (C=O) groups is 3. The highest BCUT2D eigenvalue weighted by atomic mass is 16.7. The lowest BCUT2D eigenvalue weighted by Crippen LogP contribution is -2.48. The van der Waals surface area contributed by atoms with Gasteiger partial charge in [0.05, 0.1) is 6.54 Å². The maximum absolute atomic E-state index is 11.7. The van der Waals surface area contributed by atoms with Gasteiger partial charge in [0.25, 0.3) is 0 Å². The number of carboxylic acid groups (broad SMARTS) is 1. The normalized spacial score (nSPS) is 11.3. The molecule has 0 rings (SSSR count). The summed E-state index contributed by atoms with van der Waals surface area (Å²) in [6.07, 6.45) is 0.229. The largest absolute Gasteiger partial charge is 0.480 e. The second-order valence-corrected chi connectivity index (χ2v) is 3.60. The summed E-state index contributed by atoms with van der Waals surface area (Å²) in [5.41, 5.74) is 0.145. The lowest BCUT2D eigenvalue weighted by molar-refractivity contribution is -0.171. The van der Waals surface area contributed by atoms with Crippen molar-refractivity contribution in [2.45, 2.75) is 33.2 Å². The lowest BCUT2D eigenvalue weighted by Gasteiger charge is -2.22. The topological polar surface area (TPSA) is 95.9 Å². The number of aliphatic carboxylic acids is 1. The van der Waals surface area contributed by atoms with Gasteiger partial charge < -0.3 is 15.3 Å². The first-order chi connectivity index (χ1) is 8.33. The predicted octanol–water partition coefficient (Wildman–Crippen LogP) is 0.915. The summed E-state index contributed by atoms with van der Waals surface area (Å²) in [5.74, 6) is -1.89. The highest BCUT2D eigenvalue weighted by Crippen LogP contribution is 2.00. The van der Waals surface area contributed by atoms with E-state index < -0.39 is 24.0 Å². The molecule has 7 nitrogen and oxygen atoms in total. The number of nitrogens with zero attached hydrogens (tertiary/aromatic N) is 1. The maximum atomic E-state index is 11.7. The minimum atomic E-state index is -1.15. The van der Waals surface area contributed by atoms with E-state index in [0.29, 0.717) is 0 Å². The molecule has 1 unspecified atom stereocenters. The van der Waals surface area contributed by atoms with Crippen molar-refractivity contribution in [3.8, 4) is 0 Å². The monoisotopic (exact) mass is 258 g/mol. The van der Waals surface area contributed by atoms with Gasteiger partial charge in [0.2, 0.25) is 0 Å². The highest BCUT2D eigenvalue weighted by Gasteiger charge is 2.23. The molecule has 0 saturated heterocycles. The van der Waals surface area contributed by atoms with Gasteiger partial charge in [-0.2, -0.15) is 5.06 Å². The average molecular weight is 258 g/mol. The molecule has 0 saturated carbocycles. The molecule has 0 aromatic carbocycles. The molecule has 0 aliphatic rings. The van der Waals surface area contributed by atoms with Crippen LogP contribution in [0.1, 0.15) is 27.2 Å². The molecular weight excluding hydrogens is 240 g/mol. The lowest BCUT2D eigenvalue weighted by atomic mass is 10.2. The summed E-state index contributed by atoms with van der Waals surface area (Å²) < 4.78 is 0. The molecule has 2 amide bonds. The fraction of sp³-hybridized carbons (Fsp3) is 0.545. The Hall–Kier alpha value is -2.05. The summed E-state index contributed by atoms with van der Waals surface area (Å²) in [6.45, 7) is 8.13. The minimum absolute atomic E-state index is 0.0981. The summed E-state index contributed by atoms with van der Waals surface area (Å²) >= 11 is 0. The molecule has 7 heteroatoms. The molecular formula is C11H18N2O5. The summed E-state index contributed by atoms with van der Waals surface area (Å²) in [5, 5.41) is 11.8. The van der Waals surface area contributed by atoms with Crippen molar-refractivity contribution in [3.05, 3.63) is 12.2 Å². The van der Waals surface area contributed by atoms with E-state index in [1.165, 1.54) is 6.92 Å². The zero-order valence-corrected chi connectivity index (χ0v) is 10.7. The van der Waals surface area contributed by atoms with Gasteiger partial charge in [0, 0.05) is 5.57 Å². The van der Waals surface area contributed by atoms with Crippen LogP contribution < -0.4 is 5.32 Å². The van der Waals surface area contributed by atoms with E-state index in [1.54, 1.807) is 13.8 Å². The summed E-state index contributed by atoms with van der Waals surface area (Å²) in [4.78, 5) is 38.4. The van der Waals surface area contributed by atoms with Crippen LogP contribution in [0.15, 0.2) is 12.2 Å². The number of rotatable bonds is 5. The van der Waals surface area contributed by atoms with Crippen LogP contribution in [0.4, 0.5) is 4.79 Å². The van der Waals surface area contributed by atoms with Crippen molar-refractivity contribution in [2.24, 2.45) is 0 Å². The number of amides is 2.